The molecule has 0 radical (unpaired) electrons. The average molecular weight is 254 g/mol. The molecule has 2 heteroatoms. The van der Waals surface area contributed by atoms with E-state index in [1.165, 1.54) is 58.5 Å². The van der Waals surface area contributed by atoms with E-state index in [-0.39, 0.29) is 0 Å². The Bertz CT molecular complexity index is 209. The van der Waals surface area contributed by atoms with Crippen molar-refractivity contribution in [1.82, 2.24) is 9.80 Å². The number of hydrogen-bond donors (Lipinski definition) is 0. The van der Waals surface area contributed by atoms with Crippen molar-refractivity contribution in [1.29, 1.82) is 0 Å². The maximum Gasteiger partial charge on any atom is 0.00514 e. The summed E-state index contributed by atoms with van der Waals surface area (Å²) < 4.78 is 0. The summed E-state index contributed by atoms with van der Waals surface area (Å²) in [5.74, 6) is 0.860. The fourth-order valence-electron chi connectivity index (χ4n) is 3.16. The first-order chi connectivity index (χ1) is 8.63. The minimum Gasteiger partial charge on any atom is -0.304 e. The molecule has 0 bridgehead atoms. The van der Waals surface area contributed by atoms with Crippen LogP contribution in [0.5, 0.6) is 0 Å². The van der Waals surface area contributed by atoms with Crippen molar-refractivity contribution in [3.63, 3.8) is 0 Å². The van der Waals surface area contributed by atoms with Crippen molar-refractivity contribution in [2.45, 2.75) is 53.9 Å². The first-order valence-electron chi connectivity index (χ1n) is 8.08. The Balaban J connectivity index is 0.000000771. The van der Waals surface area contributed by atoms with E-state index in [2.05, 4.69) is 30.6 Å². The predicted molar refractivity (Wildman–Crippen MR) is 81.0 cm³/mol. The zero-order valence-corrected chi connectivity index (χ0v) is 13.3. The summed E-state index contributed by atoms with van der Waals surface area (Å²) in [4.78, 5) is 5.27. The van der Waals surface area contributed by atoms with Crippen LogP contribution in [0, 0.1) is 11.3 Å². The predicted octanol–water partition coefficient (Wildman–Crippen LogP) is 3.48. The van der Waals surface area contributed by atoms with Gasteiger partial charge in [-0.15, -0.1) is 0 Å². The van der Waals surface area contributed by atoms with Crippen LogP contribution in [0.2, 0.25) is 0 Å². The smallest absolute Gasteiger partial charge is 0.00514 e. The Morgan fingerprint density at radius 1 is 1.00 bits per heavy atom. The lowest BCUT2D eigenvalue weighted by atomic mass is 9.72. The fraction of sp³-hybridized carbons (Fsp3) is 1.00. The molecular formula is C16H34N2. The number of likely N-dealkylation sites (tertiary alicyclic amines) is 2. The topological polar surface area (TPSA) is 6.48 Å². The van der Waals surface area contributed by atoms with Gasteiger partial charge in [-0.05, 0) is 56.8 Å². The molecule has 108 valence electrons. The highest BCUT2D eigenvalue weighted by atomic mass is 15.2. The largest absolute Gasteiger partial charge is 0.304 e. The van der Waals surface area contributed by atoms with Crippen molar-refractivity contribution in [3.8, 4) is 0 Å². The second-order valence-electron chi connectivity index (χ2n) is 6.33. The normalized spacial score (nSPS) is 23.7. The van der Waals surface area contributed by atoms with Gasteiger partial charge in [-0.1, -0.05) is 34.6 Å². The van der Waals surface area contributed by atoms with Crippen LogP contribution >= 0.6 is 0 Å². The molecule has 0 unspecified atom stereocenters. The Hall–Kier alpha value is -0.0800. The minimum absolute atomic E-state index is 0.725. The Morgan fingerprint density at radius 3 is 2.00 bits per heavy atom. The number of rotatable bonds is 4. The highest BCUT2D eigenvalue weighted by Crippen LogP contribution is 2.40. The summed E-state index contributed by atoms with van der Waals surface area (Å²) in [6.07, 6.45) is 4.26. The van der Waals surface area contributed by atoms with E-state index in [9.17, 15) is 0 Å². The van der Waals surface area contributed by atoms with E-state index in [0.29, 0.717) is 0 Å². The van der Waals surface area contributed by atoms with Crippen molar-refractivity contribution in [2.24, 2.45) is 11.3 Å². The van der Waals surface area contributed by atoms with Crippen molar-refractivity contribution < 1.29 is 0 Å². The zero-order chi connectivity index (χ0) is 13.6. The third-order valence-electron chi connectivity index (χ3n) is 4.50. The molecule has 0 N–H and O–H groups in total. The van der Waals surface area contributed by atoms with Crippen LogP contribution < -0.4 is 0 Å². The van der Waals surface area contributed by atoms with Gasteiger partial charge in [0.05, 0.1) is 0 Å². The molecule has 0 aliphatic carbocycles. The third-order valence-corrected chi connectivity index (χ3v) is 4.50. The number of piperidine rings is 1. The van der Waals surface area contributed by atoms with E-state index in [1.807, 2.05) is 13.8 Å². The van der Waals surface area contributed by atoms with Gasteiger partial charge < -0.3 is 9.80 Å². The molecule has 0 atom stereocenters. The maximum atomic E-state index is 2.67. The molecule has 0 aromatic rings. The van der Waals surface area contributed by atoms with Crippen LogP contribution in [0.3, 0.4) is 0 Å². The first-order valence-corrected chi connectivity index (χ1v) is 8.08. The van der Waals surface area contributed by atoms with Crippen molar-refractivity contribution in [2.75, 3.05) is 39.3 Å². The molecule has 2 nitrogen and oxygen atoms in total. The summed E-state index contributed by atoms with van der Waals surface area (Å²) in [7, 11) is 0. The van der Waals surface area contributed by atoms with Gasteiger partial charge in [0.1, 0.15) is 0 Å². The molecule has 0 aromatic heterocycles. The summed E-state index contributed by atoms with van der Waals surface area (Å²) in [6.45, 7) is 19.0. The Morgan fingerprint density at radius 2 is 1.56 bits per heavy atom. The van der Waals surface area contributed by atoms with Gasteiger partial charge >= 0.3 is 0 Å². The number of nitrogens with zero attached hydrogens (tertiary/aromatic N) is 2. The maximum absolute atomic E-state index is 2.67. The lowest BCUT2D eigenvalue weighted by Gasteiger charge is -2.54. The van der Waals surface area contributed by atoms with E-state index in [4.69, 9.17) is 0 Å². The zero-order valence-electron chi connectivity index (χ0n) is 13.3. The standard InChI is InChI=1S/C14H28N2.C2H6/c1-4-15-9-6-14(7-10-15)11-16(12-14)8-5-13(2)3;1-2/h13H,4-12H2,1-3H3;1-2H3. The molecule has 18 heavy (non-hydrogen) atoms. The van der Waals surface area contributed by atoms with Crippen molar-refractivity contribution in [3.05, 3.63) is 0 Å². The third kappa shape index (κ3) is 4.24. The minimum atomic E-state index is 0.725. The van der Waals surface area contributed by atoms with Crippen LogP contribution in [0.4, 0.5) is 0 Å². The second-order valence-corrected chi connectivity index (χ2v) is 6.33. The molecule has 1 spiro atoms. The molecular weight excluding hydrogens is 220 g/mol. The fourth-order valence-corrected chi connectivity index (χ4v) is 3.16. The van der Waals surface area contributed by atoms with Gasteiger partial charge in [-0.25, -0.2) is 0 Å². The van der Waals surface area contributed by atoms with Gasteiger partial charge in [0.15, 0.2) is 0 Å². The average Bonchev–Trinajstić information content (AvgIpc) is 2.36. The quantitative estimate of drug-likeness (QED) is 0.758. The molecule has 2 aliphatic heterocycles. The molecule has 2 saturated heterocycles. The molecule has 0 amide bonds. The molecule has 0 saturated carbocycles. The van der Waals surface area contributed by atoms with Crippen LogP contribution in [0.25, 0.3) is 0 Å². The highest BCUT2D eigenvalue weighted by Gasteiger charge is 2.43. The molecule has 2 aliphatic rings. The summed E-state index contributed by atoms with van der Waals surface area (Å²) in [6, 6.07) is 0. The Kier molecular flexibility index (Phi) is 6.65. The van der Waals surface area contributed by atoms with Gasteiger partial charge in [0.25, 0.3) is 0 Å². The van der Waals surface area contributed by atoms with Gasteiger partial charge in [0, 0.05) is 13.1 Å². The van der Waals surface area contributed by atoms with Gasteiger partial charge in [-0.2, -0.15) is 0 Å². The van der Waals surface area contributed by atoms with E-state index >= 15 is 0 Å². The number of hydrogen-bond acceptors (Lipinski definition) is 2. The molecule has 2 rings (SSSR count). The van der Waals surface area contributed by atoms with Crippen LogP contribution in [-0.4, -0.2) is 49.1 Å². The van der Waals surface area contributed by atoms with Crippen LogP contribution in [0.1, 0.15) is 53.9 Å². The summed E-state index contributed by atoms with van der Waals surface area (Å²) in [5, 5.41) is 0. The first kappa shape index (κ1) is 16.0. The van der Waals surface area contributed by atoms with Crippen LogP contribution in [-0.2, 0) is 0 Å². The second kappa shape index (κ2) is 7.49. The van der Waals surface area contributed by atoms with Gasteiger partial charge in [-0.3, -0.25) is 0 Å². The molecule has 2 fully saturated rings. The lowest BCUT2D eigenvalue weighted by Crippen LogP contribution is -2.60. The highest BCUT2D eigenvalue weighted by molar-refractivity contribution is 4.97. The van der Waals surface area contributed by atoms with Crippen molar-refractivity contribution >= 4 is 0 Å². The lowest BCUT2D eigenvalue weighted by molar-refractivity contribution is -0.0470. The van der Waals surface area contributed by atoms with E-state index in [1.54, 1.807) is 0 Å². The summed E-state index contributed by atoms with van der Waals surface area (Å²) >= 11 is 0. The van der Waals surface area contributed by atoms with Gasteiger partial charge in [0.2, 0.25) is 0 Å². The Labute approximate surface area is 115 Å². The SMILES string of the molecule is CC.CCN1CCC2(CC1)CN(CCC(C)C)C2. The monoisotopic (exact) mass is 254 g/mol. The van der Waals surface area contributed by atoms with E-state index < -0.39 is 0 Å². The van der Waals surface area contributed by atoms with E-state index in [0.717, 1.165) is 11.3 Å². The van der Waals surface area contributed by atoms with Crippen LogP contribution in [0.15, 0.2) is 0 Å². The molecule has 0 aromatic carbocycles. The summed E-state index contributed by atoms with van der Waals surface area (Å²) in [5.41, 5.74) is 0.725. The molecule has 2 heterocycles.